The Bertz CT molecular complexity index is 1450. The monoisotopic (exact) mass is 607 g/mol. The minimum absolute atomic E-state index is 0.0177. The molecule has 1 atom stereocenters. The van der Waals surface area contributed by atoms with Crippen molar-refractivity contribution in [3.63, 3.8) is 0 Å². The number of amides is 2. The lowest BCUT2D eigenvalue weighted by Gasteiger charge is -2.33. The normalized spacial score (nSPS) is 11.8. The molecule has 0 radical (unpaired) electrons. The summed E-state index contributed by atoms with van der Waals surface area (Å²) in [6.07, 6.45) is 0.278. The number of nitrogens with zero attached hydrogens (tertiary/aromatic N) is 2. The van der Waals surface area contributed by atoms with E-state index in [0.29, 0.717) is 16.3 Å². The zero-order valence-electron chi connectivity index (χ0n) is 22.6. The number of anilines is 1. The molecule has 0 aromatic heterocycles. The van der Waals surface area contributed by atoms with Crippen molar-refractivity contribution < 1.29 is 27.5 Å². The molecule has 0 aliphatic heterocycles. The highest BCUT2D eigenvalue weighted by Gasteiger charge is 2.34. The Morgan fingerprint density at radius 2 is 1.65 bits per heavy atom. The number of benzene rings is 3. The molecule has 0 spiro atoms. The Balaban J connectivity index is 2.15. The Labute approximate surface area is 244 Å². The Morgan fingerprint density at radius 3 is 2.23 bits per heavy atom. The number of hydrogen-bond acceptors (Lipinski definition) is 6. The van der Waals surface area contributed by atoms with Crippen molar-refractivity contribution in [3.05, 3.63) is 82.3 Å². The average Bonchev–Trinajstić information content (AvgIpc) is 2.97. The molecular formula is C28H31Cl2N3O6S. The third-order valence-corrected chi connectivity index (χ3v) is 8.75. The SMILES string of the molecule is CCC(C(=O)NC)N(Cc1ccc(Cl)c(Cl)c1)C(=O)CN(c1cc(OC)ccc1OC)S(=O)(=O)c1ccccc1. The second-order valence-corrected chi connectivity index (χ2v) is 11.3. The minimum atomic E-state index is -4.27. The molecule has 0 bridgehead atoms. The molecule has 1 N–H and O–H groups in total. The lowest BCUT2D eigenvalue weighted by Crippen LogP contribution is -2.51. The highest BCUT2D eigenvalue weighted by molar-refractivity contribution is 7.92. The van der Waals surface area contributed by atoms with Crippen LogP contribution in [0.2, 0.25) is 10.0 Å². The van der Waals surface area contributed by atoms with E-state index < -0.39 is 34.4 Å². The van der Waals surface area contributed by atoms with Gasteiger partial charge in [-0.15, -0.1) is 0 Å². The van der Waals surface area contributed by atoms with Crippen LogP contribution < -0.4 is 19.1 Å². The second-order valence-electron chi connectivity index (χ2n) is 8.67. The van der Waals surface area contributed by atoms with Crippen molar-refractivity contribution in [2.24, 2.45) is 0 Å². The largest absolute Gasteiger partial charge is 0.497 e. The first-order valence-corrected chi connectivity index (χ1v) is 14.5. The first-order valence-electron chi connectivity index (χ1n) is 12.3. The predicted molar refractivity (Wildman–Crippen MR) is 156 cm³/mol. The average molecular weight is 609 g/mol. The number of hydrogen-bond donors (Lipinski definition) is 1. The molecule has 0 saturated carbocycles. The van der Waals surface area contributed by atoms with Gasteiger partial charge in [-0.25, -0.2) is 8.42 Å². The lowest BCUT2D eigenvalue weighted by atomic mass is 10.1. The number of sulfonamides is 1. The zero-order chi connectivity index (χ0) is 29.4. The summed E-state index contributed by atoms with van der Waals surface area (Å²) in [6.45, 7) is 1.12. The van der Waals surface area contributed by atoms with Gasteiger partial charge in [0.1, 0.15) is 24.1 Å². The van der Waals surface area contributed by atoms with Gasteiger partial charge >= 0.3 is 0 Å². The maximum Gasteiger partial charge on any atom is 0.264 e. The van der Waals surface area contributed by atoms with Crippen LogP contribution in [0.15, 0.2) is 71.6 Å². The summed E-state index contributed by atoms with van der Waals surface area (Å²) in [4.78, 5) is 28.2. The molecule has 12 heteroatoms. The quantitative estimate of drug-likeness (QED) is 0.318. The van der Waals surface area contributed by atoms with Crippen molar-refractivity contribution in [1.29, 1.82) is 0 Å². The van der Waals surface area contributed by atoms with E-state index in [4.69, 9.17) is 32.7 Å². The van der Waals surface area contributed by atoms with Gasteiger partial charge in [-0.3, -0.25) is 13.9 Å². The number of methoxy groups -OCH3 is 2. The molecule has 3 aromatic rings. The summed E-state index contributed by atoms with van der Waals surface area (Å²) >= 11 is 12.3. The van der Waals surface area contributed by atoms with Gasteiger partial charge in [0.05, 0.1) is 34.8 Å². The molecular weight excluding hydrogens is 577 g/mol. The van der Waals surface area contributed by atoms with Crippen LogP contribution >= 0.6 is 23.2 Å². The van der Waals surface area contributed by atoms with E-state index in [1.807, 2.05) is 0 Å². The van der Waals surface area contributed by atoms with Crippen LogP contribution in [-0.4, -0.2) is 59.0 Å². The standard InChI is InChI=1S/C28H31Cl2N3O6S/c1-5-24(28(35)31-2)32(17-19-11-13-22(29)23(30)15-19)27(34)18-33(40(36,37)21-9-7-6-8-10-21)25-16-20(38-3)12-14-26(25)39-4/h6-16,24H,5,17-18H2,1-4H3,(H,31,35). The summed E-state index contributed by atoms with van der Waals surface area (Å²) in [6, 6.07) is 16.4. The van der Waals surface area contributed by atoms with Crippen LogP contribution in [0.5, 0.6) is 11.5 Å². The molecule has 0 aliphatic carbocycles. The fraction of sp³-hybridized carbons (Fsp3) is 0.286. The van der Waals surface area contributed by atoms with Crippen molar-refractivity contribution in [2.75, 3.05) is 32.1 Å². The molecule has 0 fully saturated rings. The number of rotatable bonds is 12. The van der Waals surface area contributed by atoms with Gasteiger partial charge in [0.15, 0.2) is 0 Å². The van der Waals surface area contributed by atoms with Crippen molar-refractivity contribution >= 4 is 50.7 Å². The van der Waals surface area contributed by atoms with E-state index in [9.17, 15) is 18.0 Å². The lowest BCUT2D eigenvalue weighted by molar-refractivity contribution is -0.140. The van der Waals surface area contributed by atoms with Crippen molar-refractivity contribution in [3.8, 4) is 11.5 Å². The fourth-order valence-electron chi connectivity index (χ4n) is 4.15. The van der Waals surface area contributed by atoms with Gasteiger partial charge in [-0.1, -0.05) is 54.4 Å². The molecule has 9 nitrogen and oxygen atoms in total. The van der Waals surface area contributed by atoms with Gasteiger partial charge in [0, 0.05) is 19.7 Å². The van der Waals surface area contributed by atoms with Gasteiger partial charge in [0.2, 0.25) is 11.8 Å². The van der Waals surface area contributed by atoms with Gasteiger partial charge in [-0.2, -0.15) is 0 Å². The summed E-state index contributed by atoms with van der Waals surface area (Å²) in [5.74, 6) is -0.443. The molecule has 3 aromatic carbocycles. The van der Waals surface area contributed by atoms with Crippen molar-refractivity contribution in [2.45, 2.75) is 30.8 Å². The van der Waals surface area contributed by atoms with E-state index in [-0.39, 0.29) is 34.3 Å². The van der Waals surface area contributed by atoms with E-state index in [0.717, 1.165) is 4.31 Å². The van der Waals surface area contributed by atoms with Gasteiger partial charge in [0.25, 0.3) is 10.0 Å². The minimum Gasteiger partial charge on any atom is -0.497 e. The third-order valence-electron chi connectivity index (χ3n) is 6.23. The molecule has 3 rings (SSSR count). The highest BCUT2D eigenvalue weighted by Crippen LogP contribution is 2.36. The number of carbonyl (C=O) groups is 2. The molecule has 2 amide bonds. The molecule has 0 heterocycles. The maximum atomic E-state index is 14.0. The predicted octanol–water partition coefficient (Wildman–Crippen LogP) is 4.76. The van der Waals surface area contributed by atoms with E-state index >= 15 is 0 Å². The Morgan fingerprint density at radius 1 is 0.950 bits per heavy atom. The first-order chi connectivity index (χ1) is 19.1. The number of likely N-dealkylation sites (N-methyl/N-ethyl adjacent to an activating group) is 1. The topological polar surface area (TPSA) is 105 Å². The molecule has 40 heavy (non-hydrogen) atoms. The fourth-order valence-corrected chi connectivity index (χ4v) is 5.90. The summed E-state index contributed by atoms with van der Waals surface area (Å²) in [7, 11) is 0.0437. The number of halogens is 2. The zero-order valence-corrected chi connectivity index (χ0v) is 24.9. The molecule has 1 unspecified atom stereocenters. The van der Waals surface area contributed by atoms with Crippen LogP contribution in [-0.2, 0) is 26.2 Å². The van der Waals surface area contributed by atoms with E-state index in [1.165, 1.54) is 44.4 Å². The van der Waals surface area contributed by atoms with Gasteiger partial charge in [-0.05, 0) is 48.4 Å². The van der Waals surface area contributed by atoms with Crippen LogP contribution in [0.1, 0.15) is 18.9 Å². The third kappa shape index (κ3) is 6.99. The van der Waals surface area contributed by atoms with Gasteiger partial charge < -0.3 is 19.7 Å². The summed E-state index contributed by atoms with van der Waals surface area (Å²) < 4.78 is 39.7. The summed E-state index contributed by atoms with van der Waals surface area (Å²) in [5.41, 5.74) is 0.711. The number of carbonyl (C=O) groups excluding carboxylic acids is 2. The smallest absolute Gasteiger partial charge is 0.264 e. The van der Waals surface area contributed by atoms with Crippen LogP contribution in [0.4, 0.5) is 5.69 Å². The van der Waals surface area contributed by atoms with Crippen LogP contribution in [0, 0.1) is 0 Å². The van der Waals surface area contributed by atoms with Crippen molar-refractivity contribution in [1.82, 2.24) is 10.2 Å². The van der Waals surface area contributed by atoms with E-state index in [1.54, 1.807) is 55.5 Å². The first kappa shape index (κ1) is 31.1. The van der Waals surface area contributed by atoms with E-state index in [2.05, 4.69) is 5.32 Å². The Kier molecular flexibility index (Phi) is 10.7. The summed E-state index contributed by atoms with van der Waals surface area (Å²) in [5, 5.41) is 3.21. The molecule has 0 saturated heterocycles. The van der Waals surface area contributed by atoms with Crippen LogP contribution in [0.25, 0.3) is 0 Å². The number of ether oxygens (including phenoxy) is 2. The maximum absolute atomic E-state index is 14.0. The molecule has 0 aliphatic rings. The highest BCUT2D eigenvalue weighted by atomic mass is 35.5. The van der Waals surface area contributed by atoms with Crippen LogP contribution in [0.3, 0.4) is 0 Å². The molecule has 214 valence electrons. The number of nitrogens with one attached hydrogen (secondary N) is 1. The second kappa shape index (κ2) is 13.7. The Hall–Kier alpha value is -3.47.